The average molecular weight is 771 g/mol. The number of sulfonamides is 2. The fourth-order valence-electron chi connectivity index (χ4n) is 4.38. The summed E-state index contributed by atoms with van der Waals surface area (Å²) in [6.07, 6.45) is 1.93. The van der Waals surface area contributed by atoms with Gasteiger partial charge in [-0.25, -0.2) is 35.9 Å². The van der Waals surface area contributed by atoms with Crippen LogP contribution < -0.4 is 34.3 Å². The lowest BCUT2D eigenvalue weighted by Crippen LogP contribution is -2.36. The molecule has 0 atom stereocenters. The highest BCUT2D eigenvalue weighted by Crippen LogP contribution is 2.21. The first-order chi connectivity index (χ1) is 25.1. The van der Waals surface area contributed by atoms with Gasteiger partial charge in [0.15, 0.2) is 0 Å². The fourth-order valence-corrected chi connectivity index (χ4v) is 6.42. The van der Waals surface area contributed by atoms with Crippen molar-refractivity contribution in [1.82, 2.24) is 24.7 Å². The third-order valence-corrected chi connectivity index (χ3v) is 9.62. The molecule has 5 rings (SSSR count). The largest absolute Gasteiger partial charge is 0.496 e. The number of anilines is 1. The lowest BCUT2D eigenvalue weighted by atomic mass is 10.1. The van der Waals surface area contributed by atoms with Gasteiger partial charge in [-0.15, -0.1) is 0 Å². The molecule has 4 amide bonds. The van der Waals surface area contributed by atoms with Gasteiger partial charge in [0.2, 0.25) is 27.7 Å². The predicted octanol–water partition coefficient (Wildman–Crippen LogP) is 2.55. The van der Waals surface area contributed by atoms with Crippen molar-refractivity contribution < 1.29 is 55.3 Å². The molecule has 0 aliphatic heterocycles. The highest BCUT2D eigenvalue weighted by Gasteiger charge is 2.25. The van der Waals surface area contributed by atoms with E-state index in [1.807, 2.05) is 4.72 Å². The molecule has 1 fully saturated rings. The number of para-hydroxylation sites is 1. The van der Waals surface area contributed by atoms with Gasteiger partial charge < -0.3 is 24.6 Å². The minimum absolute atomic E-state index is 0.0320. The lowest BCUT2D eigenvalue weighted by Gasteiger charge is -2.10. The van der Waals surface area contributed by atoms with E-state index in [4.69, 9.17) is 19.3 Å². The van der Waals surface area contributed by atoms with Crippen LogP contribution in [0, 0.1) is 0 Å². The fraction of sp³-hybridized carbons (Fsp3) is 0.212. The maximum absolute atomic E-state index is 12.4. The molecule has 3 aromatic carbocycles. The molecule has 1 aromatic heterocycles. The van der Waals surface area contributed by atoms with Gasteiger partial charge in [-0.1, -0.05) is 30.3 Å². The summed E-state index contributed by atoms with van der Waals surface area (Å²) in [5, 5.41) is 14.1. The van der Waals surface area contributed by atoms with Crippen molar-refractivity contribution in [3.05, 3.63) is 101 Å². The van der Waals surface area contributed by atoms with Crippen LogP contribution in [0.2, 0.25) is 0 Å². The molecule has 280 valence electrons. The van der Waals surface area contributed by atoms with Crippen molar-refractivity contribution in [3.8, 4) is 17.5 Å². The molecular weight excluding hydrogens is 737 g/mol. The van der Waals surface area contributed by atoms with Gasteiger partial charge in [-0.3, -0.25) is 14.9 Å². The number of carbonyl (C=O) groups is 4. The summed E-state index contributed by atoms with van der Waals surface area (Å²) in [6, 6.07) is 17.8. The molecule has 1 saturated carbocycles. The Morgan fingerprint density at radius 2 is 1.34 bits per heavy atom. The van der Waals surface area contributed by atoms with Gasteiger partial charge in [0.25, 0.3) is 21.8 Å². The Bertz CT molecular complexity index is 2190. The summed E-state index contributed by atoms with van der Waals surface area (Å²) in [4.78, 5) is 54.9. The molecule has 0 spiro atoms. The van der Waals surface area contributed by atoms with E-state index in [9.17, 15) is 36.0 Å². The van der Waals surface area contributed by atoms with Crippen LogP contribution in [0.4, 0.5) is 10.7 Å². The molecule has 1 heterocycles. The smallest absolute Gasteiger partial charge is 0.335 e. The van der Waals surface area contributed by atoms with E-state index in [2.05, 4.69) is 20.6 Å². The number of methoxy groups -OCH3 is 3. The molecule has 0 radical (unpaired) electrons. The third-order valence-electron chi connectivity index (χ3n) is 7.08. The lowest BCUT2D eigenvalue weighted by molar-refractivity contribution is 0.0695. The first-order valence-corrected chi connectivity index (χ1v) is 18.5. The zero-order valence-corrected chi connectivity index (χ0v) is 30.0. The topological polar surface area (TPSA) is 258 Å². The molecule has 53 heavy (non-hydrogen) atoms. The average Bonchev–Trinajstić information content (AvgIpc) is 3.95. The van der Waals surface area contributed by atoms with E-state index in [0.29, 0.717) is 5.56 Å². The van der Waals surface area contributed by atoms with Gasteiger partial charge in [0.05, 0.1) is 49.2 Å². The van der Waals surface area contributed by atoms with Crippen LogP contribution >= 0.6 is 0 Å². The van der Waals surface area contributed by atoms with Gasteiger partial charge in [-0.2, -0.15) is 9.97 Å². The second kappa shape index (κ2) is 17.3. The zero-order chi connectivity index (χ0) is 38.8. The Morgan fingerprint density at radius 3 is 1.91 bits per heavy atom. The second-order valence-corrected chi connectivity index (χ2v) is 14.4. The standard InChI is InChI=1S/C18H18N2O5S.C15H16N4O7S/c1-25-16-5-3-2-4-15(16)18(22)20-26(23,24)14-10-6-12(7-11-14)17(21)19-13-8-9-13;1-25-11-7-12(26-2)17-14(16-11)18-15(22)19-27(23,24)8-9-5-3-4-6-10(9)13(20)21/h2-7,10-11,13H,8-9H2,1H3,(H,19,21)(H,20,22);3-7H,8H2,1-2H3,(H,20,21)(H2,16,17,18,19,22). The van der Waals surface area contributed by atoms with Crippen molar-refractivity contribution in [2.45, 2.75) is 29.5 Å². The van der Waals surface area contributed by atoms with E-state index >= 15 is 0 Å². The zero-order valence-electron chi connectivity index (χ0n) is 28.4. The van der Waals surface area contributed by atoms with E-state index in [1.54, 1.807) is 22.9 Å². The molecule has 20 heteroatoms. The summed E-state index contributed by atoms with van der Waals surface area (Å²) in [6.45, 7) is 0. The van der Waals surface area contributed by atoms with Crippen molar-refractivity contribution in [3.63, 3.8) is 0 Å². The Hall–Kier alpha value is -6.28. The molecule has 1 aliphatic carbocycles. The van der Waals surface area contributed by atoms with Crippen LogP contribution in [0.1, 0.15) is 49.5 Å². The monoisotopic (exact) mass is 770 g/mol. The summed E-state index contributed by atoms with van der Waals surface area (Å²) in [5.41, 5.74) is 0.333. The molecule has 0 bridgehead atoms. The SMILES string of the molecule is COc1cc(OC)nc(NC(=O)NS(=O)(=O)Cc2ccccc2C(=O)O)n1.COc1ccccc1C(=O)NS(=O)(=O)c1ccc(C(=O)NC2CC2)cc1. The quantitative estimate of drug-likeness (QED) is 0.131. The second-order valence-electron chi connectivity index (χ2n) is 11.0. The first-order valence-electron chi connectivity index (χ1n) is 15.4. The Morgan fingerprint density at radius 1 is 0.755 bits per heavy atom. The van der Waals surface area contributed by atoms with Gasteiger partial charge >= 0.3 is 12.0 Å². The van der Waals surface area contributed by atoms with Crippen LogP contribution in [0.3, 0.4) is 0 Å². The summed E-state index contributed by atoms with van der Waals surface area (Å²) < 4.78 is 67.8. The number of ether oxygens (including phenoxy) is 3. The maximum Gasteiger partial charge on any atom is 0.335 e. The van der Waals surface area contributed by atoms with Crippen LogP contribution in [0.25, 0.3) is 0 Å². The number of carboxylic acids is 1. The molecule has 0 unspecified atom stereocenters. The van der Waals surface area contributed by atoms with Gasteiger partial charge in [-0.05, 0) is 60.9 Å². The number of aromatic carboxylic acids is 1. The number of hydrogen-bond donors (Lipinski definition) is 5. The molecule has 5 N–H and O–H groups in total. The van der Waals surface area contributed by atoms with Crippen molar-refractivity contribution in [2.24, 2.45) is 0 Å². The van der Waals surface area contributed by atoms with E-state index < -0.39 is 43.7 Å². The normalized spacial score (nSPS) is 12.2. The first kappa shape index (κ1) is 39.5. The number of rotatable bonds is 13. The van der Waals surface area contributed by atoms with Crippen LogP contribution in [-0.2, 0) is 25.8 Å². The number of amides is 4. The maximum atomic E-state index is 12.4. The number of carboxylic acid groups (broad SMARTS) is 1. The Labute approximate surface area is 304 Å². The van der Waals surface area contributed by atoms with Crippen LogP contribution in [0.5, 0.6) is 17.5 Å². The Kier molecular flexibility index (Phi) is 12.9. The number of urea groups is 1. The van der Waals surface area contributed by atoms with E-state index in [1.165, 1.54) is 82.0 Å². The van der Waals surface area contributed by atoms with Gasteiger partial charge in [0.1, 0.15) is 5.75 Å². The minimum Gasteiger partial charge on any atom is -0.496 e. The molecular formula is C33H34N6O12S2. The molecule has 4 aromatic rings. The molecule has 1 aliphatic rings. The highest BCUT2D eigenvalue weighted by atomic mass is 32.2. The third kappa shape index (κ3) is 11.4. The molecule has 0 saturated heterocycles. The van der Waals surface area contributed by atoms with Gasteiger partial charge in [0, 0.05) is 11.6 Å². The summed E-state index contributed by atoms with van der Waals surface area (Å²) in [7, 11) is -4.18. The van der Waals surface area contributed by atoms with Crippen molar-refractivity contribution >= 4 is 49.8 Å². The number of benzene rings is 3. The highest BCUT2D eigenvalue weighted by molar-refractivity contribution is 7.90. The summed E-state index contributed by atoms with van der Waals surface area (Å²) >= 11 is 0. The van der Waals surface area contributed by atoms with Crippen molar-refractivity contribution in [2.75, 3.05) is 26.6 Å². The number of carbonyl (C=O) groups excluding carboxylic acids is 3. The van der Waals surface area contributed by atoms with Crippen LogP contribution in [0.15, 0.2) is 83.8 Å². The summed E-state index contributed by atoms with van der Waals surface area (Å²) in [5.74, 6) is -2.80. The van der Waals surface area contributed by atoms with E-state index in [0.717, 1.165) is 12.8 Å². The number of nitrogens with zero attached hydrogens (tertiary/aromatic N) is 2. The Balaban J connectivity index is 0.000000237. The molecule has 18 nitrogen and oxygen atoms in total. The minimum atomic E-state index is -4.18. The number of hydrogen-bond acceptors (Lipinski definition) is 13. The predicted molar refractivity (Wildman–Crippen MR) is 188 cm³/mol. The number of nitrogens with one attached hydrogen (secondary N) is 4. The van der Waals surface area contributed by atoms with Crippen LogP contribution in [-0.4, -0.2) is 83.1 Å². The van der Waals surface area contributed by atoms with Crippen molar-refractivity contribution in [1.29, 1.82) is 0 Å². The van der Waals surface area contributed by atoms with E-state index in [-0.39, 0.29) is 57.0 Å². The number of aromatic nitrogens is 2.